The number of primary amides is 1. The van der Waals surface area contributed by atoms with Gasteiger partial charge in [-0.2, -0.15) is 0 Å². The Morgan fingerprint density at radius 3 is 2.73 bits per heavy atom. The van der Waals surface area contributed by atoms with E-state index in [1.807, 2.05) is 0 Å². The number of nitrogens with one attached hydrogen (secondary N) is 1. The zero-order chi connectivity index (χ0) is 11.3. The summed E-state index contributed by atoms with van der Waals surface area (Å²) in [5.74, 6) is 0.693. The Hall–Kier alpha value is -1.65. The number of carbonyl (C=O) groups excluding carboxylic acids is 1. The highest BCUT2D eigenvalue weighted by Gasteiger charge is 2.03. The van der Waals surface area contributed by atoms with E-state index in [9.17, 15) is 4.79 Å². The standard InChI is InChI=1S/C10H16N4O/c1-3-7(2)6-12-9-5-4-8(10(11)15)13-14-9/h4-5,7H,3,6H2,1-2H3,(H2,11,15)(H,12,14). The van der Waals surface area contributed by atoms with Gasteiger partial charge >= 0.3 is 0 Å². The van der Waals surface area contributed by atoms with Crippen LogP contribution in [0.2, 0.25) is 0 Å². The minimum absolute atomic E-state index is 0.184. The number of amides is 1. The third-order valence-corrected chi connectivity index (χ3v) is 2.25. The van der Waals surface area contributed by atoms with Crippen LogP contribution in [-0.4, -0.2) is 22.6 Å². The van der Waals surface area contributed by atoms with Crippen LogP contribution in [0.25, 0.3) is 0 Å². The van der Waals surface area contributed by atoms with Crippen molar-refractivity contribution in [1.82, 2.24) is 10.2 Å². The van der Waals surface area contributed by atoms with Gasteiger partial charge < -0.3 is 11.1 Å². The Bertz CT molecular complexity index is 323. The normalized spacial score (nSPS) is 12.1. The number of rotatable bonds is 5. The molecule has 0 aliphatic rings. The Morgan fingerprint density at radius 1 is 1.53 bits per heavy atom. The highest BCUT2D eigenvalue weighted by atomic mass is 16.1. The minimum atomic E-state index is -0.559. The molecule has 1 unspecified atom stereocenters. The molecule has 1 heterocycles. The lowest BCUT2D eigenvalue weighted by atomic mass is 10.1. The van der Waals surface area contributed by atoms with Gasteiger partial charge in [0, 0.05) is 6.54 Å². The third kappa shape index (κ3) is 3.53. The molecule has 5 heteroatoms. The summed E-state index contributed by atoms with van der Waals surface area (Å²) in [4.78, 5) is 10.7. The summed E-state index contributed by atoms with van der Waals surface area (Å²) in [6.07, 6.45) is 1.11. The second-order valence-electron chi connectivity index (χ2n) is 3.56. The topological polar surface area (TPSA) is 80.9 Å². The lowest BCUT2D eigenvalue weighted by Gasteiger charge is -2.09. The zero-order valence-electron chi connectivity index (χ0n) is 9.03. The van der Waals surface area contributed by atoms with Gasteiger partial charge in [0.15, 0.2) is 5.69 Å². The lowest BCUT2D eigenvalue weighted by molar-refractivity contribution is 0.0994. The molecule has 3 N–H and O–H groups in total. The Labute approximate surface area is 89.1 Å². The molecule has 0 saturated heterocycles. The van der Waals surface area contributed by atoms with Crippen molar-refractivity contribution in [3.05, 3.63) is 17.8 Å². The maximum absolute atomic E-state index is 10.7. The number of hydrogen-bond acceptors (Lipinski definition) is 4. The highest BCUT2D eigenvalue weighted by Crippen LogP contribution is 2.05. The molecule has 1 aromatic heterocycles. The first-order valence-electron chi connectivity index (χ1n) is 5.01. The van der Waals surface area contributed by atoms with Crippen LogP contribution >= 0.6 is 0 Å². The fourth-order valence-electron chi connectivity index (χ4n) is 0.981. The quantitative estimate of drug-likeness (QED) is 0.757. The smallest absolute Gasteiger partial charge is 0.269 e. The molecule has 82 valence electrons. The van der Waals surface area contributed by atoms with Crippen LogP contribution in [0.5, 0.6) is 0 Å². The molecule has 1 amide bonds. The van der Waals surface area contributed by atoms with Crippen LogP contribution in [0.1, 0.15) is 30.8 Å². The molecule has 0 aliphatic heterocycles. The fraction of sp³-hybridized carbons (Fsp3) is 0.500. The van der Waals surface area contributed by atoms with Crippen LogP contribution in [0.3, 0.4) is 0 Å². The molecule has 1 rings (SSSR count). The molecule has 15 heavy (non-hydrogen) atoms. The average Bonchev–Trinajstić information content (AvgIpc) is 2.26. The van der Waals surface area contributed by atoms with Gasteiger partial charge in [0.1, 0.15) is 5.82 Å². The van der Waals surface area contributed by atoms with E-state index < -0.39 is 5.91 Å². The first-order valence-corrected chi connectivity index (χ1v) is 5.01. The Morgan fingerprint density at radius 2 is 2.27 bits per heavy atom. The summed E-state index contributed by atoms with van der Waals surface area (Å²) in [5.41, 5.74) is 5.23. The summed E-state index contributed by atoms with van der Waals surface area (Å²) in [5, 5.41) is 10.7. The fourth-order valence-corrected chi connectivity index (χ4v) is 0.981. The van der Waals surface area contributed by atoms with Crippen LogP contribution in [0.4, 0.5) is 5.82 Å². The van der Waals surface area contributed by atoms with Gasteiger partial charge in [0.25, 0.3) is 5.91 Å². The molecule has 1 atom stereocenters. The first-order chi connectivity index (χ1) is 7.13. The summed E-state index contributed by atoms with van der Waals surface area (Å²) in [6, 6.07) is 3.27. The van der Waals surface area contributed by atoms with Gasteiger partial charge in [-0.15, -0.1) is 10.2 Å². The largest absolute Gasteiger partial charge is 0.368 e. The molecule has 1 aromatic rings. The van der Waals surface area contributed by atoms with E-state index in [0.29, 0.717) is 11.7 Å². The van der Waals surface area contributed by atoms with Crippen molar-refractivity contribution in [3.8, 4) is 0 Å². The molecular formula is C10H16N4O. The van der Waals surface area contributed by atoms with Gasteiger partial charge in [0.2, 0.25) is 0 Å². The molecule has 0 aromatic carbocycles. The van der Waals surface area contributed by atoms with Crippen molar-refractivity contribution in [3.63, 3.8) is 0 Å². The van der Waals surface area contributed by atoms with Crippen molar-refractivity contribution in [2.75, 3.05) is 11.9 Å². The minimum Gasteiger partial charge on any atom is -0.368 e. The van der Waals surface area contributed by atoms with E-state index in [1.54, 1.807) is 12.1 Å². The molecule has 0 saturated carbocycles. The predicted octanol–water partition coefficient (Wildman–Crippen LogP) is 1.03. The number of hydrogen-bond donors (Lipinski definition) is 2. The van der Waals surface area contributed by atoms with Gasteiger partial charge in [-0.3, -0.25) is 4.79 Å². The number of anilines is 1. The Kier molecular flexibility index (Phi) is 4.03. The zero-order valence-corrected chi connectivity index (χ0v) is 9.03. The van der Waals surface area contributed by atoms with Gasteiger partial charge in [-0.1, -0.05) is 20.3 Å². The second-order valence-corrected chi connectivity index (χ2v) is 3.56. The second kappa shape index (κ2) is 5.29. The maximum Gasteiger partial charge on any atom is 0.269 e. The van der Waals surface area contributed by atoms with Crippen molar-refractivity contribution < 1.29 is 4.79 Å². The third-order valence-electron chi connectivity index (χ3n) is 2.25. The van der Waals surface area contributed by atoms with Gasteiger partial charge in [0.05, 0.1) is 0 Å². The summed E-state index contributed by atoms with van der Waals surface area (Å²) in [7, 11) is 0. The molecule has 0 spiro atoms. The number of carbonyl (C=O) groups is 1. The summed E-state index contributed by atoms with van der Waals surface area (Å²) < 4.78 is 0. The van der Waals surface area contributed by atoms with Crippen molar-refractivity contribution >= 4 is 11.7 Å². The van der Waals surface area contributed by atoms with E-state index in [0.717, 1.165) is 13.0 Å². The SMILES string of the molecule is CCC(C)CNc1ccc(C(N)=O)nn1. The predicted molar refractivity (Wildman–Crippen MR) is 58.5 cm³/mol. The summed E-state index contributed by atoms with van der Waals surface area (Å²) in [6.45, 7) is 5.13. The van der Waals surface area contributed by atoms with Crippen molar-refractivity contribution in [2.24, 2.45) is 11.7 Å². The molecule has 5 nitrogen and oxygen atoms in total. The first kappa shape index (κ1) is 11.4. The van der Waals surface area contributed by atoms with E-state index in [1.165, 1.54) is 0 Å². The van der Waals surface area contributed by atoms with Crippen LogP contribution in [0, 0.1) is 5.92 Å². The van der Waals surface area contributed by atoms with Gasteiger partial charge in [-0.25, -0.2) is 0 Å². The van der Waals surface area contributed by atoms with Crippen LogP contribution < -0.4 is 11.1 Å². The van der Waals surface area contributed by atoms with E-state index in [4.69, 9.17) is 5.73 Å². The maximum atomic E-state index is 10.7. The molecular weight excluding hydrogens is 192 g/mol. The average molecular weight is 208 g/mol. The monoisotopic (exact) mass is 208 g/mol. The van der Waals surface area contributed by atoms with Crippen molar-refractivity contribution in [1.29, 1.82) is 0 Å². The molecule has 0 fully saturated rings. The van der Waals surface area contributed by atoms with Crippen LogP contribution in [0.15, 0.2) is 12.1 Å². The summed E-state index contributed by atoms with van der Waals surface area (Å²) >= 11 is 0. The molecule has 0 bridgehead atoms. The van der Waals surface area contributed by atoms with Crippen LogP contribution in [-0.2, 0) is 0 Å². The number of aromatic nitrogens is 2. The van der Waals surface area contributed by atoms with E-state index >= 15 is 0 Å². The van der Waals surface area contributed by atoms with Crippen molar-refractivity contribution in [2.45, 2.75) is 20.3 Å². The Balaban J connectivity index is 2.53. The van der Waals surface area contributed by atoms with Gasteiger partial charge in [-0.05, 0) is 18.1 Å². The molecule has 0 aliphatic carbocycles. The van der Waals surface area contributed by atoms with E-state index in [-0.39, 0.29) is 5.69 Å². The van der Waals surface area contributed by atoms with E-state index in [2.05, 4.69) is 29.4 Å². The number of nitrogens with zero attached hydrogens (tertiary/aromatic N) is 2. The molecule has 0 radical (unpaired) electrons. The highest BCUT2D eigenvalue weighted by molar-refractivity contribution is 5.90. The lowest BCUT2D eigenvalue weighted by Crippen LogP contribution is -2.15. The number of nitrogens with two attached hydrogens (primary N) is 1.